The second kappa shape index (κ2) is 5.12. The molecule has 0 aliphatic rings. The molecule has 0 aromatic heterocycles. The second-order valence-electron chi connectivity index (χ2n) is 4.03. The van der Waals surface area contributed by atoms with Crippen LogP contribution in [0.1, 0.15) is 21.5 Å². The van der Waals surface area contributed by atoms with Crippen LogP contribution < -0.4 is 5.73 Å². The molecule has 0 atom stereocenters. The van der Waals surface area contributed by atoms with Gasteiger partial charge in [-0.2, -0.15) is 0 Å². The molecule has 2 N–H and O–H groups in total. The number of nitrogens with two attached hydrogens (primary N) is 1. The molecule has 0 heterocycles. The highest BCUT2D eigenvalue weighted by Crippen LogP contribution is 2.23. The van der Waals surface area contributed by atoms with E-state index in [0.29, 0.717) is 21.8 Å². The third-order valence-corrected chi connectivity index (χ3v) is 3.79. The monoisotopic (exact) mass is 323 g/mol. The van der Waals surface area contributed by atoms with Gasteiger partial charge in [-0.15, -0.1) is 0 Å². The van der Waals surface area contributed by atoms with Crippen LogP contribution in [0.3, 0.4) is 0 Å². The molecule has 0 fully saturated rings. The Morgan fingerprint density at radius 2 is 1.78 bits per heavy atom. The summed E-state index contributed by atoms with van der Waals surface area (Å²) in [7, 11) is 0. The molecule has 4 heteroatoms. The van der Waals surface area contributed by atoms with Crippen LogP contribution in [0.15, 0.2) is 40.9 Å². The van der Waals surface area contributed by atoms with Gasteiger partial charge in [0.25, 0.3) is 0 Å². The van der Waals surface area contributed by atoms with Crippen molar-refractivity contribution < 1.29 is 4.79 Å². The standard InChI is InChI=1S/C14H11BrClNO/c1-8-6-9(2-4-12(8)16)14(18)10-3-5-13(17)11(15)7-10/h2-7H,17H2,1H3. The molecule has 0 radical (unpaired) electrons. The van der Waals surface area contributed by atoms with Crippen molar-refractivity contribution in [3.05, 3.63) is 62.6 Å². The predicted octanol–water partition coefficient (Wildman–Crippen LogP) is 4.22. The van der Waals surface area contributed by atoms with Crippen LogP contribution in [-0.4, -0.2) is 5.78 Å². The van der Waals surface area contributed by atoms with E-state index >= 15 is 0 Å². The van der Waals surface area contributed by atoms with Crippen LogP contribution in [0.4, 0.5) is 5.69 Å². The fourth-order valence-corrected chi connectivity index (χ4v) is 2.12. The third kappa shape index (κ3) is 2.57. The topological polar surface area (TPSA) is 43.1 Å². The van der Waals surface area contributed by atoms with E-state index in [-0.39, 0.29) is 5.78 Å². The number of carbonyl (C=O) groups is 1. The minimum atomic E-state index is -0.0459. The summed E-state index contributed by atoms with van der Waals surface area (Å²) in [5.41, 5.74) is 8.41. The largest absolute Gasteiger partial charge is 0.398 e. The lowest BCUT2D eigenvalue weighted by atomic mass is 10.0. The number of aryl methyl sites for hydroxylation is 1. The van der Waals surface area contributed by atoms with Crippen molar-refractivity contribution in [3.63, 3.8) is 0 Å². The minimum Gasteiger partial charge on any atom is -0.398 e. The molecule has 0 spiro atoms. The highest BCUT2D eigenvalue weighted by atomic mass is 79.9. The fraction of sp³-hybridized carbons (Fsp3) is 0.0714. The summed E-state index contributed by atoms with van der Waals surface area (Å²) in [4.78, 5) is 12.3. The summed E-state index contributed by atoms with van der Waals surface area (Å²) in [5.74, 6) is -0.0459. The first kappa shape index (κ1) is 13.1. The number of halogens is 2. The summed E-state index contributed by atoms with van der Waals surface area (Å²) in [6.45, 7) is 1.87. The van der Waals surface area contributed by atoms with Crippen molar-refractivity contribution in [2.75, 3.05) is 5.73 Å². The lowest BCUT2D eigenvalue weighted by molar-refractivity contribution is 0.103. The van der Waals surface area contributed by atoms with E-state index in [1.807, 2.05) is 6.92 Å². The number of anilines is 1. The second-order valence-corrected chi connectivity index (χ2v) is 5.29. The van der Waals surface area contributed by atoms with Gasteiger partial charge in [0.2, 0.25) is 0 Å². The Balaban J connectivity index is 2.41. The molecule has 92 valence electrons. The van der Waals surface area contributed by atoms with Crippen molar-refractivity contribution >= 4 is 39.0 Å². The fourth-order valence-electron chi connectivity index (χ4n) is 1.62. The summed E-state index contributed by atoms with van der Waals surface area (Å²) >= 11 is 9.26. The van der Waals surface area contributed by atoms with Gasteiger partial charge in [-0.25, -0.2) is 0 Å². The van der Waals surface area contributed by atoms with Gasteiger partial charge in [0, 0.05) is 26.3 Å². The number of benzene rings is 2. The van der Waals surface area contributed by atoms with Gasteiger partial charge in [-0.05, 0) is 64.8 Å². The Kier molecular flexibility index (Phi) is 3.73. The minimum absolute atomic E-state index is 0.0459. The molecule has 2 aromatic rings. The Morgan fingerprint density at radius 3 is 2.39 bits per heavy atom. The normalized spacial score (nSPS) is 10.4. The molecular formula is C14H11BrClNO. The average molecular weight is 325 g/mol. The summed E-state index contributed by atoms with van der Waals surface area (Å²) in [6, 6.07) is 10.4. The van der Waals surface area contributed by atoms with Gasteiger partial charge in [0.15, 0.2) is 5.78 Å². The number of hydrogen-bond donors (Lipinski definition) is 1. The highest BCUT2D eigenvalue weighted by molar-refractivity contribution is 9.10. The summed E-state index contributed by atoms with van der Waals surface area (Å²) in [6.07, 6.45) is 0. The molecule has 2 aromatic carbocycles. The molecular weight excluding hydrogens is 314 g/mol. The zero-order valence-electron chi connectivity index (χ0n) is 9.71. The van der Waals surface area contributed by atoms with Crippen molar-refractivity contribution in [2.24, 2.45) is 0 Å². The molecule has 2 nitrogen and oxygen atoms in total. The zero-order chi connectivity index (χ0) is 13.3. The van der Waals surface area contributed by atoms with Gasteiger partial charge in [-0.1, -0.05) is 11.6 Å². The maximum Gasteiger partial charge on any atom is 0.193 e. The molecule has 0 unspecified atom stereocenters. The van der Waals surface area contributed by atoms with Gasteiger partial charge >= 0.3 is 0 Å². The molecule has 0 aliphatic heterocycles. The van der Waals surface area contributed by atoms with Gasteiger partial charge < -0.3 is 5.73 Å². The molecule has 2 rings (SSSR count). The van der Waals surface area contributed by atoms with E-state index in [4.69, 9.17) is 17.3 Å². The van der Waals surface area contributed by atoms with Crippen LogP contribution in [0.5, 0.6) is 0 Å². The molecule has 0 amide bonds. The predicted molar refractivity (Wildman–Crippen MR) is 78.2 cm³/mol. The average Bonchev–Trinajstić information content (AvgIpc) is 2.35. The first-order chi connectivity index (χ1) is 8.49. The Hall–Kier alpha value is -1.32. The number of nitrogen functional groups attached to an aromatic ring is 1. The lowest BCUT2D eigenvalue weighted by Gasteiger charge is -2.05. The number of ketones is 1. The van der Waals surface area contributed by atoms with Crippen molar-refractivity contribution in [3.8, 4) is 0 Å². The highest BCUT2D eigenvalue weighted by Gasteiger charge is 2.11. The number of carbonyl (C=O) groups excluding carboxylic acids is 1. The maximum absolute atomic E-state index is 12.3. The SMILES string of the molecule is Cc1cc(C(=O)c2ccc(N)c(Br)c2)ccc1Cl. The summed E-state index contributed by atoms with van der Waals surface area (Å²) in [5, 5.41) is 0.657. The van der Waals surface area contributed by atoms with E-state index in [1.54, 1.807) is 36.4 Å². The first-order valence-corrected chi connectivity index (χ1v) is 6.52. The van der Waals surface area contributed by atoms with E-state index < -0.39 is 0 Å². The zero-order valence-corrected chi connectivity index (χ0v) is 12.0. The molecule has 0 saturated carbocycles. The van der Waals surface area contributed by atoms with Crippen LogP contribution in [0.25, 0.3) is 0 Å². The van der Waals surface area contributed by atoms with Crippen LogP contribution in [0, 0.1) is 6.92 Å². The maximum atomic E-state index is 12.3. The molecule has 0 aliphatic carbocycles. The summed E-state index contributed by atoms with van der Waals surface area (Å²) < 4.78 is 0.721. The number of hydrogen-bond acceptors (Lipinski definition) is 2. The van der Waals surface area contributed by atoms with E-state index in [2.05, 4.69) is 15.9 Å². The van der Waals surface area contributed by atoms with Gasteiger partial charge in [0.05, 0.1) is 0 Å². The van der Waals surface area contributed by atoms with Crippen molar-refractivity contribution in [1.29, 1.82) is 0 Å². The van der Waals surface area contributed by atoms with Gasteiger partial charge in [0.1, 0.15) is 0 Å². The van der Waals surface area contributed by atoms with Crippen molar-refractivity contribution in [2.45, 2.75) is 6.92 Å². The van der Waals surface area contributed by atoms with Crippen molar-refractivity contribution in [1.82, 2.24) is 0 Å². The molecule has 0 bridgehead atoms. The molecule has 18 heavy (non-hydrogen) atoms. The Labute approximate surface area is 119 Å². The first-order valence-electron chi connectivity index (χ1n) is 5.35. The smallest absolute Gasteiger partial charge is 0.193 e. The van der Waals surface area contributed by atoms with Crippen LogP contribution in [-0.2, 0) is 0 Å². The number of rotatable bonds is 2. The van der Waals surface area contributed by atoms with Crippen LogP contribution >= 0.6 is 27.5 Å². The van der Waals surface area contributed by atoms with E-state index in [0.717, 1.165) is 10.0 Å². The van der Waals surface area contributed by atoms with E-state index in [1.165, 1.54) is 0 Å². The Bertz CT molecular complexity index is 572. The van der Waals surface area contributed by atoms with Crippen LogP contribution in [0.2, 0.25) is 5.02 Å². The van der Waals surface area contributed by atoms with E-state index in [9.17, 15) is 4.79 Å². The van der Waals surface area contributed by atoms with Gasteiger partial charge in [-0.3, -0.25) is 4.79 Å². The Morgan fingerprint density at radius 1 is 1.17 bits per heavy atom. The third-order valence-electron chi connectivity index (χ3n) is 2.68. The quantitative estimate of drug-likeness (QED) is 0.664. The lowest BCUT2D eigenvalue weighted by Crippen LogP contribution is -2.02. The molecule has 0 saturated heterocycles.